The number of para-hydroxylation sites is 1. The van der Waals surface area contributed by atoms with E-state index in [1.54, 1.807) is 0 Å². The number of ether oxygens (including phenoxy) is 2. The zero-order valence-electron chi connectivity index (χ0n) is 11.9. The molecule has 4 rings (SSSR count). The summed E-state index contributed by atoms with van der Waals surface area (Å²) >= 11 is 0. The van der Waals surface area contributed by atoms with Crippen LogP contribution in [0.2, 0.25) is 0 Å². The minimum absolute atomic E-state index is 0.314. The Kier molecular flexibility index (Phi) is 3.20. The number of hydrogen-bond acceptors (Lipinski definition) is 3. The molecule has 1 aromatic rings. The summed E-state index contributed by atoms with van der Waals surface area (Å²) in [6.45, 7) is 3.77. The summed E-state index contributed by atoms with van der Waals surface area (Å²) in [6.07, 6.45) is 5.08. The zero-order valence-corrected chi connectivity index (χ0v) is 11.9. The molecule has 2 atom stereocenters. The smallest absolute Gasteiger partial charge is 0.122 e. The van der Waals surface area contributed by atoms with Crippen LogP contribution in [0.5, 0.6) is 5.75 Å². The number of nitrogens with one attached hydrogen (secondary N) is 1. The van der Waals surface area contributed by atoms with Gasteiger partial charge >= 0.3 is 0 Å². The Morgan fingerprint density at radius 2 is 2.15 bits per heavy atom. The number of rotatable bonds is 5. The second-order valence-corrected chi connectivity index (χ2v) is 6.71. The Labute approximate surface area is 120 Å². The zero-order chi connectivity index (χ0) is 13.4. The summed E-state index contributed by atoms with van der Waals surface area (Å²) in [5.74, 6) is 1.62. The van der Waals surface area contributed by atoms with E-state index in [1.165, 1.54) is 31.2 Å². The molecule has 0 bridgehead atoms. The van der Waals surface area contributed by atoms with Crippen LogP contribution in [0.4, 0.5) is 0 Å². The molecular formula is C17H23NO2. The predicted molar refractivity (Wildman–Crippen MR) is 78.2 cm³/mol. The van der Waals surface area contributed by atoms with Gasteiger partial charge in [0.05, 0.1) is 13.2 Å². The quantitative estimate of drug-likeness (QED) is 0.895. The number of hydrogen-bond donors (Lipinski definition) is 1. The average Bonchev–Trinajstić information content (AvgIpc) is 3.07. The summed E-state index contributed by atoms with van der Waals surface area (Å²) < 4.78 is 11.6. The van der Waals surface area contributed by atoms with Gasteiger partial charge in [0.1, 0.15) is 5.75 Å². The molecule has 0 radical (unpaired) electrons. The third-order valence-electron chi connectivity index (χ3n) is 5.01. The van der Waals surface area contributed by atoms with Gasteiger partial charge in [0.15, 0.2) is 0 Å². The molecule has 0 amide bonds. The maximum Gasteiger partial charge on any atom is 0.122 e. The molecule has 2 unspecified atom stereocenters. The summed E-state index contributed by atoms with van der Waals surface area (Å²) in [6, 6.07) is 9.28. The predicted octanol–water partition coefficient (Wildman–Crippen LogP) is 2.71. The van der Waals surface area contributed by atoms with Crippen molar-refractivity contribution in [2.24, 2.45) is 5.41 Å². The summed E-state index contributed by atoms with van der Waals surface area (Å²) in [4.78, 5) is 0. The van der Waals surface area contributed by atoms with Crippen molar-refractivity contribution in [1.82, 2.24) is 5.32 Å². The fourth-order valence-electron chi connectivity index (χ4n) is 3.59. The van der Waals surface area contributed by atoms with Crippen molar-refractivity contribution in [3.05, 3.63) is 29.8 Å². The Balaban J connectivity index is 1.48. The topological polar surface area (TPSA) is 30.5 Å². The first-order valence-electron chi connectivity index (χ1n) is 7.88. The van der Waals surface area contributed by atoms with Crippen LogP contribution in [0.3, 0.4) is 0 Å². The Bertz CT molecular complexity index is 478. The van der Waals surface area contributed by atoms with Crippen molar-refractivity contribution < 1.29 is 9.47 Å². The van der Waals surface area contributed by atoms with Gasteiger partial charge in [-0.2, -0.15) is 0 Å². The van der Waals surface area contributed by atoms with Crippen LogP contribution in [-0.4, -0.2) is 32.4 Å². The van der Waals surface area contributed by atoms with Gasteiger partial charge in [-0.1, -0.05) is 18.2 Å². The van der Waals surface area contributed by atoms with Crippen LogP contribution in [-0.2, 0) is 4.74 Å². The van der Waals surface area contributed by atoms with Gasteiger partial charge in [-0.05, 0) is 31.7 Å². The Morgan fingerprint density at radius 1 is 1.25 bits per heavy atom. The van der Waals surface area contributed by atoms with Gasteiger partial charge in [0.2, 0.25) is 0 Å². The van der Waals surface area contributed by atoms with Crippen LogP contribution in [0, 0.1) is 5.41 Å². The highest BCUT2D eigenvalue weighted by Gasteiger charge is 2.40. The fourth-order valence-corrected chi connectivity index (χ4v) is 3.59. The number of benzene rings is 1. The molecule has 1 N–H and O–H groups in total. The molecule has 3 nitrogen and oxygen atoms in total. The lowest BCUT2D eigenvalue weighted by Crippen LogP contribution is -2.37. The summed E-state index contributed by atoms with van der Waals surface area (Å²) in [5, 5.41) is 3.72. The molecule has 1 aromatic carbocycles. The van der Waals surface area contributed by atoms with Crippen LogP contribution in [0.15, 0.2) is 24.3 Å². The first-order chi connectivity index (χ1) is 9.85. The Hall–Kier alpha value is -1.06. The molecule has 1 aliphatic carbocycles. The highest BCUT2D eigenvalue weighted by Crippen LogP contribution is 2.44. The fraction of sp³-hybridized carbons (Fsp3) is 0.647. The van der Waals surface area contributed by atoms with Crippen LogP contribution in [0.25, 0.3) is 0 Å². The third kappa shape index (κ3) is 2.45. The van der Waals surface area contributed by atoms with Crippen molar-refractivity contribution in [1.29, 1.82) is 0 Å². The van der Waals surface area contributed by atoms with Crippen molar-refractivity contribution in [3.8, 4) is 5.75 Å². The molecule has 2 fully saturated rings. The van der Waals surface area contributed by atoms with E-state index < -0.39 is 0 Å². The lowest BCUT2D eigenvalue weighted by Gasteiger charge is -2.30. The minimum Gasteiger partial charge on any atom is -0.493 e. The standard InChI is InChI=1S/C17H23NO2/c1-2-4-16-15(3-1)13(10-20-16)9-17(7-8-19-12-17)11-18-14-5-6-14/h1-4,13-14,18H,5-12H2. The van der Waals surface area contributed by atoms with Gasteiger partial charge in [-0.15, -0.1) is 0 Å². The van der Waals surface area contributed by atoms with E-state index in [4.69, 9.17) is 9.47 Å². The van der Waals surface area contributed by atoms with Gasteiger partial charge < -0.3 is 14.8 Å². The maximum absolute atomic E-state index is 5.84. The molecule has 3 heteroatoms. The Morgan fingerprint density at radius 3 is 2.95 bits per heavy atom. The number of fused-ring (bicyclic) bond motifs is 1. The summed E-state index contributed by atoms with van der Waals surface area (Å²) in [5.41, 5.74) is 1.71. The van der Waals surface area contributed by atoms with E-state index in [-0.39, 0.29) is 0 Å². The second kappa shape index (κ2) is 5.05. The van der Waals surface area contributed by atoms with E-state index >= 15 is 0 Å². The van der Waals surface area contributed by atoms with Gasteiger partial charge in [0.25, 0.3) is 0 Å². The molecule has 108 valence electrons. The van der Waals surface area contributed by atoms with Crippen molar-refractivity contribution in [2.45, 2.75) is 37.6 Å². The third-order valence-corrected chi connectivity index (χ3v) is 5.01. The van der Waals surface area contributed by atoms with Gasteiger partial charge in [-0.3, -0.25) is 0 Å². The molecule has 0 aromatic heterocycles. The maximum atomic E-state index is 5.84. The van der Waals surface area contributed by atoms with E-state index in [0.717, 1.165) is 38.2 Å². The normalized spacial score (nSPS) is 32.1. The van der Waals surface area contributed by atoms with Crippen LogP contribution < -0.4 is 10.1 Å². The monoisotopic (exact) mass is 273 g/mol. The van der Waals surface area contributed by atoms with Crippen LogP contribution >= 0.6 is 0 Å². The van der Waals surface area contributed by atoms with E-state index in [0.29, 0.717) is 11.3 Å². The first-order valence-corrected chi connectivity index (χ1v) is 7.88. The van der Waals surface area contributed by atoms with Gasteiger partial charge in [0, 0.05) is 36.1 Å². The van der Waals surface area contributed by atoms with Crippen molar-refractivity contribution >= 4 is 0 Å². The molecule has 2 heterocycles. The molecular weight excluding hydrogens is 250 g/mol. The lowest BCUT2D eigenvalue weighted by molar-refractivity contribution is 0.135. The molecule has 1 saturated carbocycles. The molecule has 0 spiro atoms. The van der Waals surface area contributed by atoms with E-state index in [1.807, 2.05) is 0 Å². The molecule has 2 aliphatic heterocycles. The van der Waals surface area contributed by atoms with E-state index in [2.05, 4.69) is 29.6 Å². The SMILES string of the molecule is c1ccc2c(c1)OCC2CC1(CNC2CC2)CCOC1. The summed E-state index contributed by atoms with van der Waals surface area (Å²) in [7, 11) is 0. The van der Waals surface area contributed by atoms with Crippen molar-refractivity contribution in [3.63, 3.8) is 0 Å². The first kappa shape index (κ1) is 12.7. The minimum atomic E-state index is 0.314. The van der Waals surface area contributed by atoms with E-state index in [9.17, 15) is 0 Å². The largest absolute Gasteiger partial charge is 0.493 e. The lowest BCUT2D eigenvalue weighted by atomic mass is 9.77. The second-order valence-electron chi connectivity index (χ2n) is 6.71. The molecule has 20 heavy (non-hydrogen) atoms. The molecule has 1 saturated heterocycles. The van der Waals surface area contributed by atoms with Crippen LogP contribution in [0.1, 0.15) is 37.2 Å². The highest BCUT2D eigenvalue weighted by molar-refractivity contribution is 5.39. The highest BCUT2D eigenvalue weighted by atomic mass is 16.5. The molecule has 3 aliphatic rings. The van der Waals surface area contributed by atoms with Crippen molar-refractivity contribution in [2.75, 3.05) is 26.4 Å². The van der Waals surface area contributed by atoms with Gasteiger partial charge in [-0.25, -0.2) is 0 Å². The average molecular weight is 273 g/mol.